The van der Waals surface area contributed by atoms with E-state index in [1.807, 2.05) is 19.1 Å². The SMILES string of the molecule is C[C@H](N)c1ccc(Sc2ccc(Br)cc2)c(Br)c1. The summed E-state index contributed by atoms with van der Waals surface area (Å²) in [6.45, 7) is 1.99. The molecule has 2 rings (SSSR count). The van der Waals surface area contributed by atoms with Crippen molar-refractivity contribution in [2.75, 3.05) is 0 Å². The summed E-state index contributed by atoms with van der Waals surface area (Å²) in [5.41, 5.74) is 7.01. The van der Waals surface area contributed by atoms with Crippen molar-refractivity contribution in [1.82, 2.24) is 0 Å². The Morgan fingerprint density at radius 1 is 1.06 bits per heavy atom. The lowest BCUT2D eigenvalue weighted by Gasteiger charge is -2.09. The Hall–Kier alpha value is -0.290. The van der Waals surface area contributed by atoms with Crippen LogP contribution in [0.25, 0.3) is 0 Å². The molecular weight excluding hydrogens is 374 g/mol. The molecule has 2 N–H and O–H groups in total. The lowest BCUT2D eigenvalue weighted by Crippen LogP contribution is -2.04. The Balaban J connectivity index is 2.22. The number of benzene rings is 2. The van der Waals surface area contributed by atoms with E-state index in [1.165, 1.54) is 9.79 Å². The third-order valence-corrected chi connectivity index (χ3v) is 5.05. The summed E-state index contributed by atoms with van der Waals surface area (Å²) in [7, 11) is 0. The molecule has 4 heteroatoms. The van der Waals surface area contributed by atoms with Crippen molar-refractivity contribution >= 4 is 43.6 Å². The highest BCUT2D eigenvalue weighted by Crippen LogP contribution is 2.35. The van der Waals surface area contributed by atoms with Crippen LogP contribution >= 0.6 is 43.6 Å². The van der Waals surface area contributed by atoms with Crippen LogP contribution in [0.3, 0.4) is 0 Å². The minimum Gasteiger partial charge on any atom is -0.324 e. The fourth-order valence-corrected chi connectivity index (χ4v) is 3.23. The maximum absolute atomic E-state index is 5.87. The van der Waals surface area contributed by atoms with Gasteiger partial charge < -0.3 is 5.73 Å². The molecule has 0 bridgehead atoms. The maximum Gasteiger partial charge on any atom is 0.0318 e. The molecule has 94 valence electrons. The van der Waals surface area contributed by atoms with Gasteiger partial charge in [0, 0.05) is 24.8 Å². The first kappa shape index (κ1) is 14.1. The summed E-state index contributed by atoms with van der Waals surface area (Å²) in [5.74, 6) is 0. The van der Waals surface area contributed by atoms with Crippen molar-refractivity contribution in [2.45, 2.75) is 22.8 Å². The van der Waals surface area contributed by atoms with Crippen molar-refractivity contribution in [3.8, 4) is 0 Å². The van der Waals surface area contributed by atoms with Crippen LogP contribution in [0.1, 0.15) is 18.5 Å². The molecule has 1 atom stereocenters. The second-order valence-electron chi connectivity index (χ2n) is 4.03. The van der Waals surface area contributed by atoms with Gasteiger partial charge in [0.05, 0.1) is 0 Å². The van der Waals surface area contributed by atoms with E-state index < -0.39 is 0 Å². The number of halogens is 2. The van der Waals surface area contributed by atoms with Crippen LogP contribution in [0, 0.1) is 0 Å². The topological polar surface area (TPSA) is 26.0 Å². The fourth-order valence-electron chi connectivity index (χ4n) is 1.51. The Morgan fingerprint density at radius 3 is 2.28 bits per heavy atom. The van der Waals surface area contributed by atoms with Gasteiger partial charge in [-0.2, -0.15) is 0 Å². The van der Waals surface area contributed by atoms with Gasteiger partial charge in [-0.15, -0.1) is 0 Å². The second kappa shape index (κ2) is 6.24. The van der Waals surface area contributed by atoms with E-state index in [2.05, 4.69) is 62.2 Å². The highest BCUT2D eigenvalue weighted by Gasteiger charge is 2.06. The van der Waals surface area contributed by atoms with E-state index in [4.69, 9.17) is 5.73 Å². The van der Waals surface area contributed by atoms with Gasteiger partial charge >= 0.3 is 0 Å². The molecule has 0 aliphatic carbocycles. The number of nitrogens with two attached hydrogens (primary N) is 1. The summed E-state index contributed by atoms with van der Waals surface area (Å²) < 4.78 is 2.18. The van der Waals surface area contributed by atoms with Gasteiger partial charge in [0.1, 0.15) is 0 Å². The van der Waals surface area contributed by atoms with Gasteiger partial charge in [-0.1, -0.05) is 33.8 Å². The average molecular weight is 387 g/mol. The highest BCUT2D eigenvalue weighted by atomic mass is 79.9. The summed E-state index contributed by atoms with van der Waals surface area (Å²) in [6.07, 6.45) is 0. The first-order chi connectivity index (χ1) is 8.56. The monoisotopic (exact) mass is 385 g/mol. The molecule has 2 aromatic rings. The van der Waals surface area contributed by atoms with Crippen LogP contribution < -0.4 is 5.73 Å². The third kappa shape index (κ3) is 3.60. The highest BCUT2D eigenvalue weighted by molar-refractivity contribution is 9.10. The van der Waals surface area contributed by atoms with Crippen LogP contribution in [-0.4, -0.2) is 0 Å². The Morgan fingerprint density at radius 2 is 1.72 bits per heavy atom. The predicted molar refractivity (Wildman–Crippen MR) is 85.0 cm³/mol. The van der Waals surface area contributed by atoms with Gasteiger partial charge in [-0.3, -0.25) is 0 Å². The van der Waals surface area contributed by atoms with Crippen molar-refractivity contribution in [1.29, 1.82) is 0 Å². The van der Waals surface area contributed by atoms with E-state index in [0.717, 1.165) is 14.5 Å². The van der Waals surface area contributed by atoms with Crippen molar-refractivity contribution in [2.24, 2.45) is 5.73 Å². The minimum absolute atomic E-state index is 0.0630. The van der Waals surface area contributed by atoms with Gasteiger partial charge in [0.25, 0.3) is 0 Å². The molecular formula is C14H13Br2NS. The zero-order valence-electron chi connectivity index (χ0n) is 9.86. The fraction of sp³-hybridized carbons (Fsp3) is 0.143. The van der Waals surface area contributed by atoms with Crippen LogP contribution in [0.4, 0.5) is 0 Å². The lowest BCUT2D eigenvalue weighted by molar-refractivity contribution is 0.815. The molecule has 0 aliphatic heterocycles. The molecule has 0 aliphatic rings. The van der Waals surface area contributed by atoms with Crippen LogP contribution in [-0.2, 0) is 0 Å². The lowest BCUT2D eigenvalue weighted by atomic mass is 10.1. The molecule has 0 heterocycles. The van der Waals surface area contributed by atoms with E-state index in [9.17, 15) is 0 Å². The smallest absolute Gasteiger partial charge is 0.0318 e. The minimum atomic E-state index is 0.0630. The molecule has 0 saturated heterocycles. The molecule has 0 fully saturated rings. The Kier molecular flexibility index (Phi) is 4.90. The molecule has 0 amide bonds. The molecule has 0 unspecified atom stereocenters. The molecule has 2 aromatic carbocycles. The molecule has 0 saturated carbocycles. The second-order valence-corrected chi connectivity index (χ2v) is 6.92. The van der Waals surface area contributed by atoms with Crippen molar-refractivity contribution in [3.63, 3.8) is 0 Å². The number of rotatable bonds is 3. The number of hydrogen-bond donors (Lipinski definition) is 1. The first-order valence-corrected chi connectivity index (χ1v) is 7.95. The van der Waals surface area contributed by atoms with E-state index >= 15 is 0 Å². The average Bonchev–Trinajstić information content (AvgIpc) is 2.34. The first-order valence-electron chi connectivity index (χ1n) is 5.54. The zero-order valence-corrected chi connectivity index (χ0v) is 13.8. The van der Waals surface area contributed by atoms with E-state index in [-0.39, 0.29) is 6.04 Å². The van der Waals surface area contributed by atoms with Crippen molar-refractivity contribution in [3.05, 3.63) is 57.0 Å². The molecule has 0 spiro atoms. The van der Waals surface area contributed by atoms with Gasteiger partial charge in [-0.25, -0.2) is 0 Å². The van der Waals surface area contributed by atoms with Crippen LogP contribution in [0.5, 0.6) is 0 Å². The third-order valence-electron chi connectivity index (χ3n) is 2.52. The van der Waals surface area contributed by atoms with Gasteiger partial charge in [0.15, 0.2) is 0 Å². The molecule has 1 nitrogen and oxygen atoms in total. The summed E-state index contributed by atoms with van der Waals surface area (Å²) in [5, 5.41) is 0. The van der Waals surface area contributed by atoms with Gasteiger partial charge in [-0.05, 0) is 64.8 Å². The van der Waals surface area contributed by atoms with E-state index in [1.54, 1.807) is 11.8 Å². The normalized spacial score (nSPS) is 12.4. The Bertz CT molecular complexity index is 538. The van der Waals surface area contributed by atoms with Crippen LogP contribution in [0.15, 0.2) is 61.2 Å². The molecule has 0 radical (unpaired) electrons. The largest absolute Gasteiger partial charge is 0.324 e. The summed E-state index contributed by atoms with van der Waals surface area (Å²) >= 11 is 8.77. The molecule has 18 heavy (non-hydrogen) atoms. The van der Waals surface area contributed by atoms with Crippen molar-refractivity contribution < 1.29 is 0 Å². The zero-order chi connectivity index (χ0) is 13.1. The van der Waals surface area contributed by atoms with Crippen LogP contribution in [0.2, 0.25) is 0 Å². The van der Waals surface area contributed by atoms with Gasteiger partial charge in [0.2, 0.25) is 0 Å². The standard InChI is InChI=1S/C14H13Br2NS/c1-9(17)10-2-7-14(13(16)8-10)18-12-5-3-11(15)4-6-12/h2-9H,17H2,1H3/t9-/m0/s1. The van der Waals surface area contributed by atoms with E-state index in [0.29, 0.717) is 0 Å². The predicted octanol–water partition coefficient (Wildman–Crippen LogP) is 5.38. The summed E-state index contributed by atoms with van der Waals surface area (Å²) in [6, 6.07) is 14.6. The molecule has 0 aromatic heterocycles. The maximum atomic E-state index is 5.87. The summed E-state index contributed by atoms with van der Waals surface area (Å²) in [4.78, 5) is 2.41. The number of hydrogen-bond acceptors (Lipinski definition) is 2. The quantitative estimate of drug-likeness (QED) is 0.765. The Labute approximate surface area is 128 Å².